The molecule has 0 atom stereocenters. The lowest BCUT2D eigenvalue weighted by molar-refractivity contribution is 0.0765. The normalized spacial score (nSPS) is 17.1. The SMILES string of the molecule is CNCc1ccoc1COCC1CCCC1. The van der Waals surface area contributed by atoms with Gasteiger partial charge in [-0.3, -0.25) is 0 Å². The summed E-state index contributed by atoms with van der Waals surface area (Å²) in [6, 6.07) is 2.00. The third-order valence-corrected chi connectivity index (χ3v) is 3.27. The number of nitrogens with one attached hydrogen (secondary N) is 1. The highest BCUT2D eigenvalue weighted by atomic mass is 16.5. The zero-order valence-corrected chi connectivity index (χ0v) is 10.00. The van der Waals surface area contributed by atoms with E-state index < -0.39 is 0 Å². The molecule has 1 aromatic rings. The summed E-state index contributed by atoms with van der Waals surface area (Å²) in [6.07, 6.45) is 7.16. The molecule has 1 heterocycles. The molecule has 0 aliphatic heterocycles. The van der Waals surface area contributed by atoms with Gasteiger partial charge in [-0.15, -0.1) is 0 Å². The Bertz CT molecular complexity index is 303. The fourth-order valence-corrected chi connectivity index (χ4v) is 2.34. The van der Waals surface area contributed by atoms with Gasteiger partial charge in [0.2, 0.25) is 0 Å². The van der Waals surface area contributed by atoms with Crippen molar-refractivity contribution in [3.63, 3.8) is 0 Å². The Hall–Kier alpha value is -0.800. The first-order valence-electron chi connectivity index (χ1n) is 6.17. The molecule has 1 fully saturated rings. The van der Waals surface area contributed by atoms with Crippen LogP contribution in [0.1, 0.15) is 37.0 Å². The summed E-state index contributed by atoms with van der Waals surface area (Å²) < 4.78 is 11.1. The summed E-state index contributed by atoms with van der Waals surface area (Å²) in [4.78, 5) is 0. The molecular weight excluding hydrogens is 202 g/mol. The number of ether oxygens (including phenoxy) is 1. The minimum absolute atomic E-state index is 0.612. The third kappa shape index (κ3) is 3.09. The van der Waals surface area contributed by atoms with Crippen LogP contribution >= 0.6 is 0 Å². The van der Waals surface area contributed by atoms with Crippen molar-refractivity contribution in [1.29, 1.82) is 0 Å². The molecule has 3 heteroatoms. The molecule has 2 rings (SSSR count). The van der Waals surface area contributed by atoms with E-state index in [0.29, 0.717) is 6.61 Å². The van der Waals surface area contributed by atoms with Crippen LogP contribution in [-0.4, -0.2) is 13.7 Å². The lowest BCUT2D eigenvalue weighted by Crippen LogP contribution is -2.08. The molecule has 0 radical (unpaired) electrons. The van der Waals surface area contributed by atoms with Gasteiger partial charge in [-0.25, -0.2) is 0 Å². The maximum atomic E-state index is 5.73. The number of hydrogen-bond acceptors (Lipinski definition) is 3. The predicted octanol–water partition coefficient (Wildman–Crippen LogP) is 2.71. The molecule has 0 aromatic carbocycles. The molecular formula is C13H21NO2. The Morgan fingerprint density at radius 3 is 3.00 bits per heavy atom. The van der Waals surface area contributed by atoms with Crippen LogP contribution in [-0.2, 0) is 17.9 Å². The van der Waals surface area contributed by atoms with Crippen molar-refractivity contribution < 1.29 is 9.15 Å². The van der Waals surface area contributed by atoms with Crippen molar-refractivity contribution in [3.8, 4) is 0 Å². The van der Waals surface area contributed by atoms with E-state index in [-0.39, 0.29) is 0 Å². The highest BCUT2D eigenvalue weighted by molar-refractivity contribution is 5.15. The van der Waals surface area contributed by atoms with Crippen LogP contribution in [0.25, 0.3) is 0 Å². The lowest BCUT2D eigenvalue weighted by Gasteiger charge is -2.09. The first-order chi connectivity index (χ1) is 7.90. The topological polar surface area (TPSA) is 34.4 Å². The molecule has 0 unspecified atom stereocenters. The summed E-state index contributed by atoms with van der Waals surface area (Å²) in [7, 11) is 1.94. The molecule has 3 nitrogen and oxygen atoms in total. The van der Waals surface area contributed by atoms with Crippen molar-refractivity contribution in [3.05, 3.63) is 23.7 Å². The third-order valence-electron chi connectivity index (χ3n) is 3.27. The summed E-state index contributed by atoms with van der Waals surface area (Å²) in [5.41, 5.74) is 1.20. The standard InChI is InChI=1S/C13H21NO2/c1-14-8-12-6-7-16-13(12)10-15-9-11-4-2-3-5-11/h6-7,11,14H,2-5,8-10H2,1H3. The van der Waals surface area contributed by atoms with Crippen LogP contribution in [0.3, 0.4) is 0 Å². The van der Waals surface area contributed by atoms with E-state index in [1.54, 1.807) is 6.26 Å². The molecule has 1 aromatic heterocycles. The second-order valence-electron chi connectivity index (χ2n) is 4.56. The molecule has 0 saturated heterocycles. The van der Waals surface area contributed by atoms with Crippen LogP contribution < -0.4 is 5.32 Å². The van der Waals surface area contributed by atoms with Gasteiger partial charge < -0.3 is 14.5 Å². The van der Waals surface area contributed by atoms with Gasteiger partial charge in [0.15, 0.2) is 0 Å². The zero-order valence-electron chi connectivity index (χ0n) is 10.00. The Morgan fingerprint density at radius 2 is 2.25 bits per heavy atom. The molecule has 1 N–H and O–H groups in total. The molecule has 90 valence electrons. The van der Waals surface area contributed by atoms with Crippen LogP contribution in [0.2, 0.25) is 0 Å². The predicted molar refractivity (Wildman–Crippen MR) is 63.1 cm³/mol. The highest BCUT2D eigenvalue weighted by Gasteiger charge is 2.15. The van der Waals surface area contributed by atoms with Gasteiger partial charge in [-0.2, -0.15) is 0 Å². The van der Waals surface area contributed by atoms with Gasteiger partial charge in [-0.1, -0.05) is 12.8 Å². The van der Waals surface area contributed by atoms with Crippen LogP contribution in [0.5, 0.6) is 0 Å². The van der Waals surface area contributed by atoms with Gasteiger partial charge in [0.25, 0.3) is 0 Å². The molecule has 16 heavy (non-hydrogen) atoms. The minimum Gasteiger partial charge on any atom is -0.467 e. The smallest absolute Gasteiger partial charge is 0.133 e. The average molecular weight is 223 g/mol. The fourth-order valence-electron chi connectivity index (χ4n) is 2.34. The quantitative estimate of drug-likeness (QED) is 0.805. The monoisotopic (exact) mass is 223 g/mol. The van der Waals surface area contributed by atoms with Gasteiger partial charge in [0, 0.05) is 18.7 Å². The van der Waals surface area contributed by atoms with E-state index in [4.69, 9.17) is 9.15 Å². The van der Waals surface area contributed by atoms with Gasteiger partial charge in [0.1, 0.15) is 12.4 Å². The fraction of sp³-hybridized carbons (Fsp3) is 0.692. The van der Waals surface area contributed by atoms with E-state index in [1.807, 2.05) is 13.1 Å². The minimum atomic E-state index is 0.612. The summed E-state index contributed by atoms with van der Waals surface area (Å²) >= 11 is 0. The first kappa shape index (κ1) is 11.7. The van der Waals surface area contributed by atoms with Crippen molar-refractivity contribution in [2.24, 2.45) is 5.92 Å². The molecule has 0 bridgehead atoms. The van der Waals surface area contributed by atoms with Gasteiger partial charge in [-0.05, 0) is 31.9 Å². The van der Waals surface area contributed by atoms with Gasteiger partial charge in [0.05, 0.1) is 6.26 Å². The van der Waals surface area contributed by atoms with E-state index in [9.17, 15) is 0 Å². The molecule has 0 amide bonds. The van der Waals surface area contributed by atoms with Crippen molar-refractivity contribution in [1.82, 2.24) is 5.32 Å². The second kappa shape index (κ2) is 6.06. The second-order valence-corrected chi connectivity index (χ2v) is 4.56. The summed E-state index contributed by atoms with van der Waals surface area (Å²) in [5.74, 6) is 1.75. The van der Waals surface area contributed by atoms with Crippen molar-refractivity contribution >= 4 is 0 Å². The largest absolute Gasteiger partial charge is 0.467 e. The van der Waals surface area contributed by atoms with E-state index in [2.05, 4.69) is 5.32 Å². The average Bonchev–Trinajstić information content (AvgIpc) is 2.91. The van der Waals surface area contributed by atoms with E-state index in [1.165, 1.54) is 31.2 Å². The lowest BCUT2D eigenvalue weighted by atomic mass is 10.1. The zero-order chi connectivity index (χ0) is 11.2. The highest BCUT2D eigenvalue weighted by Crippen LogP contribution is 2.25. The van der Waals surface area contributed by atoms with Crippen LogP contribution in [0.15, 0.2) is 16.7 Å². The first-order valence-corrected chi connectivity index (χ1v) is 6.17. The Labute approximate surface area is 97.2 Å². The Morgan fingerprint density at radius 1 is 1.44 bits per heavy atom. The molecule has 0 spiro atoms. The molecule has 1 aliphatic rings. The number of furan rings is 1. The van der Waals surface area contributed by atoms with E-state index in [0.717, 1.165) is 24.8 Å². The van der Waals surface area contributed by atoms with Gasteiger partial charge >= 0.3 is 0 Å². The summed E-state index contributed by atoms with van der Waals surface area (Å²) in [5, 5.41) is 3.13. The van der Waals surface area contributed by atoms with Crippen LogP contribution in [0.4, 0.5) is 0 Å². The molecule has 1 saturated carbocycles. The van der Waals surface area contributed by atoms with E-state index >= 15 is 0 Å². The Balaban J connectivity index is 1.73. The van der Waals surface area contributed by atoms with Crippen molar-refractivity contribution in [2.75, 3.05) is 13.7 Å². The Kier molecular flexibility index (Phi) is 4.43. The number of hydrogen-bond donors (Lipinski definition) is 1. The van der Waals surface area contributed by atoms with Crippen molar-refractivity contribution in [2.45, 2.75) is 38.8 Å². The maximum Gasteiger partial charge on any atom is 0.133 e. The van der Waals surface area contributed by atoms with Crippen LogP contribution in [0, 0.1) is 5.92 Å². The summed E-state index contributed by atoms with van der Waals surface area (Å²) in [6.45, 7) is 2.35. The number of rotatable bonds is 6. The molecule has 1 aliphatic carbocycles. The maximum absolute atomic E-state index is 5.73.